The highest BCUT2D eigenvalue weighted by atomic mass is 15.2. The number of aromatic nitrogens is 1. The minimum Gasteiger partial charge on any atom is -0.309 e. The van der Waals surface area contributed by atoms with E-state index in [-0.39, 0.29) is 5.41 Å². The van der Waals surface area contributed by atoms with Crippen LogP contribution in [0.5, 0.6) is 0 Å². The molecule has 0 N–H and O–H groups in total. The molecule has 0 unspecified atom stereocenters. The van der Waals surface area contributed by atoms with Crippen LogP contribution >= 0.6 is 0 Å². The van der Waals surface area contributed by atoms with Gasteiger partial charge in [0.05, 0.1) is 28.1 Å². The van der Waals surface area contributed by atoms with Crippen molar-refractivity contribution in [1.82, 2.24) is 4.57 Å². The van der Waals surface area contributed by atoms with E-state index in [2.05, 4.69) is 193 Å². The molecule has 0 radical (unpaired) electrons. The average Bonchev–Trinajstić information content (AvgIpc) is 3.49. The fraction of sp³-hybridized carbons (Fsp3) is 0.0612. The highest BCUT2D eigenvalue weighted by Gasteiger charge is 2.38. The lowest BCUT2D eigenvalue weighted by atomic mass is 9.73. The topological polar surface area (TPSA) is 8.17 Å². The number of fused-ring (bicyclic) bond motifs is 12. The van der Waals surface area contributed by atoms with Crippen LogP contribution in [-0.4, -0.2) is 4.57 Å². The van der Waals surface area contributed by atoms with Crippen LogP contribution < -0.4 is 4.90 Å². The van der Waals surface area contributed by atoms with Gasteiger partial charge >= 0.3 is 0 Å². The molecule has 0 amide bonds. The van der Waals surface area contributed by atoms with Crippen molar-refractivity contribution in [2.45, 2.75) is 19.3 Å². The van der Waals surface area contributed by atoms with Crippen LogP contribution in [-0.2, 0) is 5.41 Å². The summed E-state index contributed by atoms with van der Waals surface area (Å²) < 4.78 is 2.49. The first kappa shape index (κ1) is 28.5. The standard InChI is InChI=1S/C49H34N2/c1-49(2)42-24-12-13-25-45(42)51(44-26-14-16-31-15-6-7-19-33(31)44)48-30-47-41(28-43(48)49)40-27-38-36-22-10-8-20-34(36)35-21-9-11-23-37(35)39(38)29-46(40)50(47)32-17-4-3-5-18-32/h3-30H,1-2H3. The molecule has 0 spiro atoms. The molecular formula is C49H34N2. The lowest BCUT2D eigenvalue weighted by Crippen LogP contribution is -2.30. The average molecular weight is 651 g/mol. The van der Waals surface area contributed by atoms with Crippen LogP contribution in [0, 0.1) is 0 Å². The minimum absolute atomic E-state index is 0.220. The molecule has 0 saturated carbocycles. The largest absolute Gasteiger partial charge is 0.309 e. The summed E-state index contributed by atoms with van der Waals surface area (Å²) in [7, 11) is 0. The quantitative estimate of drug-likeness (QED) is 0.169. The molecule has 1 aliphatic heterocycles. The maximum atomic E-state index is 2.52. The number of rotatable bonds is 2. The second-order valence-corrected chi connectivity index (χ2v) is 14.5. The Hall–Kier alpha value is -6.38. The Kier molecular flexibility index (Phi) is 5.76. The fourth-order valence-electron chi connectivity index (χ4n) is 9.12. The fourth-order valence-corrected chi connectivity index (χ4v) is 9.12. The van der Waals surface area contributed by atoms with Gasteiger partial charge in [0.2, 0.25) is 0 Å². The number of nitrogens with zero attached hydrogens (tertiary/aromatic N) is 2. The Morgan fingerprint density at radius 1 is 0.353 bits per heavy atom. The molecule has 2 heterocycles. The Labute approximate surface area is 296 Å². The molecule has 0 fully saturated rings. The lowest BCUT2D eigenvalue weighted by Gasteiger charge is -2.42. The molecule has 9 aromatic carbocycles. The summed E-state index contributed by atoms with van der Waals surface area (Å²) in [6, 6.07) is 63.0. The minimum atomic E-state index is -0.220. The van der Waals surface area contributed by atoms with Gasteiger partial charge in [-0.2, -0.15) is 0 Å². The predicted octanol–water partition coefficient (Wildman–Crippen LogP) is 13.5. The molecule has 0 saturated heterocycles. The summed E-state index contributed by atoms with van der Waals surface area (Å²) >= 11 is 0. The monoisotopic (exact) mass is 650 g/mol. The van der Waals surface area contributed by atoms with Gasteiger partial charge in [-0.3, -0.25) is 0 Å². The first-order valence-electron chi connectivity index (χ1n) is 17.9. The summed E-state index contributed by atoms with van der Waals surface area (Å²) in [5, 5.41) is 12.8. The van der Waals surface area contributed by atoms with Gasteiger partial charge in [-0.1, -0.05) is 135 Å². The molecular weight excluding hydrogens is 617 g/mol. The van der Waals surface area contributed by atoms with Crippen LogP contribution in [0.4, 0.5) is 17.1 Å². The highest BCUT2D eigenvalue weighted by Crippen LogP contribution is 2.55. The molecule has 1 aliphatic rings. The maximum absolute atomic E-state index is 2.52. The first-order valence-corrected chi connectivity index (χ1v) is 17.9. The molecule has 2 heteroatoms. The smallest absolute Gasteiger partial charge is 0.0562 e. The van der Waals surface area contributed by atoms with Gasteiger partial charge in [0.25, 0.3) is 0 Å². The van der Waals surface area contributed by atoms with Crippen LogP contribution in [0.2, 0.25) is 0 Å². The zero-order valence-electron chi connectivity index (χ0n) is 28.6. The number of para-hydroxylation sites is 2. The van der Waals surface area contributed by atoms with E-state index in [4.69, 9.17) is 0 Å². The zero-order valence-corrected chi connectivity index (χ0v) is 28.6. The van der Waals surface area contributed by atoms with Gasteiger partial charge in [-0.05, 0) is 97.4 Å². The van der Waals surface area contributed by atoms with Crippen molar-refractivity contribution in [3.05, 3.63) is 181 Å². The van der Waals surface area contributed by atoms with E-state index < -0.39 is 0 Å². The molecule has 1 aromatic heterocycles. The van der Waals surface area contributed by atoms with E-state index in [1.165, 1.54) is 93.1 Å². The highest BCUT2D eigenvalue weighted by molar-refractivity contribution is 6.29. The van der Waals surface area contributed by atoms with Crippen molar-refractivity contribution >= 4 is 82.0 Å². The van der Waals surface area contributed by atoms with Crippen molar-refractivity contribution in [2.75, 3.05) is 4.90 Å². The third-order valence-corrected chi connectivity index (χ3v) is 11.5. The number of hydrogen-bond acceptors (Lipinski definition) is 1. The Morgan fingerprint density at radius 2 is 0.882 bits per heavy atom. The Balaban J connectivity index is 1.32. The molecule has 2 nitrogen and oxygen atoms in total. The van der Waals surface area contributed by atoms with Crippen molar-refractivity contribution < 1.29 is 0 Å². The van der Waals surface area contributed by atoms with Crippen LogP contribution in [0.3, 0.4) is 0 Å². The Bertz CT molecular complexity index is 3050. The normalized spacial score (nSPS) is 13.8. The SMILES string of the molecule is CC1(C)c2ccccc2N(c2cccc3ccccc23)c2cc3c(cc21)c1cc2c4ccccc4c4ccccc4c2cc1n3-c1ccccc1. The molecule has 10 aromatic rings. The molecule has 240 valence electrons. The molecule has 51 heavy (non-hydrogen) atoms. The summed E-state index contributed by atoms with van der Waals surface area (Å²) in [5.41, 5.74) is 9.69. The van der Waals surface area contributed by atoms with E-state index in [9.17, 15) is 0 Å². The third-order valence-electron chi connectivity index (χ3n) is 11.5. The summed E-state index contributed by atoms with van der Waals surface area (Å²) in [6.07, 6.45) is 0. The van der Waals surface area contributed by atoms with Crippen molar-refractivity contribution in [1.29, 1.82) is 0 Å². The third kappa shape index (κ3) is 3.88. The number of hydrogen-bond donors (Lipinski definition) is 0. The van der Waals surface area contributed by atoms with Crippen molar-refractivity contribution in [3.8, 4) is 5.69 Å². The summed E-state index contributed by atoms with van der Waals surface area (Å²) in [4.78, 5) is 2.52. The van der Waals surface area contributed by atoms with E-state index in [0.717, 1.165) is 5.69 Å². The molecule has 0 atom stereocenters. The molecule has 0 aliphatic carbocycles. The van der Waals surface area contributed by atoms with E-state index in [1.54, 1.807) is 0 Å². The van der Waals surface area contributed by atoms with Crippen LogP contribution in [0.15, 0.2) is 170 Å². The van der Waals surface area contributed by atoms with Gasteiger partial charge in [0, 0.05) is 27.3 Å². The van der Waals surface area contributed by atoms with Gasteiger partial charge in [-0.25, -0.2) is 0 Å². The van der Waals surface area contributed by atoms with E-state index in [0.29, 0.717) is 0 Å². The second-order valence-electron chi connectivity index (χ2n) is 14.5. The van der Waals surface area contributed by atoms with Crippen molar-refractivity contribution in [2.24, 2.45) is 0 Å². The predicted molar refractivity (Wildman–Crippen MR) is 218 cm³/mol. The number of benzene rings is 9. The first-order chi connectivity index (χ1) is 25.1. The maximum Gasteiger partial charge on any atom is 0.0562 e. The van der Waals surface area contributed by atoms with Gasteiger partial charge in [0.15, 0.2) is 0 Å². The van der Waals surface area contributed by atoms with Crippen LogP contribution in [0.25, 0.3) is 70.6 Å². The lowest BCUT2D eigenvalue weighted by molar-refractivity contribution is 0.633. The van der Waals surface area contributed by atoms with Crippen LogP contribution in [0.1, 0.15) is 25.0 Å². The van der Waals surface area contributed by atoms with Gasteiger partial charge in [0.1, 0.15) is 0 Å². The number of anilines is 3. The Morgan fingerprint density at radius 3 is 1.63 bits per heavy atom. The summed E-state index contributed by atoms with van der Waals surface area (Å²) in [5.74, 6) is 0. The van der Waals surface area contributed by atoms with Crippen molar-refractivity contribution in [3.63, 3.8) is 0 Å². The summed E-state index contributed by atoms with van der Waals surface area (Å²) in [6.45, 7) is 4.78. The zero-order chi connectivity index (χ0) is 33.8. The van der Waals surface area contributed by atoms with Gasteiger partial charge < -0.3 is 9.47 Å². The molecule has 11 rings (SSSR count). The van der Waals surface area contributed by atoms with E-state index in [1.807, 2.05) is 0 Å². The molecule has 0 bridgehead atoms. The second kappa shape index (κ2) is 10.3. The van der Waals surface area contributed by atoms with E-state index >= 15 is 0 Å². The van der Waals surface area contributed by atoms with Gasteiger partial charge in [-0.15, -0.1) is 0 Å².